The van der Waals surface area contributed by atoms with Crippen molar-refractivity contribution in [3.05, 3.63) is 35.7 Å². The molecule has 20 heavy (non-hydrogen) atoms. The highest BCUT2D eigenvalue weighted by atomic mass is 19.1. The molecule has 0 bridgehead atoms. The topological polar surface area (TPSA) is 53.6 Å². The number of pyridine rings is 1. The van der Waals surface area contributed by atoms with Crippen molar-refractivity contribution in [1.29, 1.82) is 0 Å². The molecule has 0 saturated heterocycles. The number of aromatic nitrogens is 3. The first-order valence-electron chi connectivity index (χ1n) is 7.13. The van der Waals surface area contributed by atoms with Crippen molar-refractivity contribution >= 4 is 0 Å². The Labute approximate surface area is 117 Å². The molecule has 4 nitrogen and oxygen atoms in total. The van der Waals surface area contributed by atoms with Gasteiger partial charge in [0.05, 0.1) is 18.4 Å². The van der Waals surface area contributed by atoms with E-state index < -0.39 is 0 Å². The number of halogens is 1. The van der Waals surface area contributed by atoms with Gasteiger partial charge >= 0.3 is 0 Å². The molecule has 0 spiro atoms. The van der Waals surface area contributed by atoms with Crippen molar-refractivity contribution in [2.24, 2.45) is 0 Å². The SMILES string of the molecule is Cc1[nH]c(CNC2CCCC2)nc1-c1ccc(F)cn1. The Morgan fingerprint density at radius 2 is 2.15 bits per heavy atom. The van der Waals surface area contributed by atoms with Gasteiger partial charge in [-0.2, -0.15) is 0 Å². The van der Waals surface area contributed by atoms with E-state index in [9.17, 15) is 4.39 Å². The maximum Gasteiger partial charge on any atom is 0.141 e. The summed E-state index contributed by atoms with van der Waals surface area (Å²) in [5.41, 5.74) is 2.47. The summed E-state index contributed by atoms with van der Waals surface area (Å²) in [6.07, 6.45) is 6.37. The molecule has 3 rings (SSSR count). The molecule has 0 unspecified atom stereocenters. The zero-order valence-corrected chi connectivity index (χ0v) is 11.6. The van der Waals surface area contributed by atoms with Gasteiger partial charge in [-0.05, 0) is 31.9 Å². The summed E-state index contributed by atoms with van der Waals surface area (Å²) in [4.78, 5) is 11.9. The van der Waals surface area contributed by atoms with Crippen molar-refractivity contribution in [2.45, 2.75) is 45.2 Å². The van der Waals surface area contributed by atoms with E-state index in [1.54, 1.807) is 6.07 Å². The first-order chi connectivity index (χ1) is 9.72. The van der Waals surface area contributed by atoms with E-state index >= 15 is 0 Å². The highest BCUT2D eigenvalue weighted by Crippen LogP contribution is 2.20. The summed E-state index contributed by atoms with van der Waals surface area (Å²) in [5, 5.41) is 3.52. The minimum atomic E-state index is -0.329. The molecule has 2 aromatic heterocycles. The molecule has 0 atom stereocenters. The minimum Gasteiger partial charge on any atom is -0.344 e. The normalized spacial score (nSPS) is 15.9. The van der Waals surface area contributed by atoms with E-state index in [0.717, 1.165) is 23.8 Å². The molecule has 2 N–H and O–H groups in total. The Morgan fingerprint density at radius 1 is 1.35 bits per heavy atom. The highest BCUT2D eigenvalue weighted by molar-refractivity contribution is 5.56. The van der Waals surface area contributed by atoms with Crippen LogP contribution >= 0.6 is 0 Å². The van der Waals surface area contributed by atoms with Crippen molar-refractivity contribution in [2.75, 3.05) is 0 Å². The van der Waals surface area contributed by atoms with Crippen molar-refractivity contribution < 1.29 is 4.39 Å². The number of nitrogens with zero attached hydrogens (tertiary/aromatic N) is 2. The Morgan fingerprint density at radius 3 is 2.85 bits per heavy atom. The molecular formula is C15H19FN4. The van der Waals surface area contributed by atoms with Crippen LogP contribution in [0, 0.1) is 12.7 Å². The number of nitrogens with one attached hydrogen (secondary N) is 2. The van der Waals surface area contributed by atoms with E-state index in [2.05, 4.69) is 20.3 Å². The summed E-state index contributed by atoms with van der Waals surface area (Å²) in [7, 11) is 0. The molecule has 0 amide bonds. The number of aromatic amines is 1. The molecule has 5 heteroatoms. The molecule has 2 aromatic rings. The number of rotatable bonds is 4. The van der Waals surface area contributed by atoms with E-state index in [-0.39, 0.29) is 5.82 Å². The van der Waals surface area contributed by atoms with Crippen LogP contribution in [0.4, 0.5) is 4.39 Å². The lowest BCUT2D eigenvalue weighted by Gasteiger charge is -2.09. The average Bonchev–Trinajstić information content (AvgIpc) is 3.07. The molecule has 0 aromatic carbocycles. The van der Waals surface area contributed by atoms with Crippen LogP contribution in [0.25, 0.3) is 11.4 Å². The van der Waals surface area contributed by atoms with Gasteiger partial charge in [0, 0.05) is 11.7 Å². The van der Waals surface area contributed by atoms with Crippen molar-refractivity contribution in [3.63, 3.8) is 0 Å². The lowest BCUT2D eigenvalue weighted by atomic mass is 10.2. The number of H-pyrrole nitrogens is 1. The number of imidazole rings is 1. The molecular weight excluding hydrogens is 255 g/mol. The Balaban J connectivity index is 1.71. The lowest BCUT2D eigenvalue weighted by Crippen LogP contribution is -2.25. The van der Waals surface area contributed by atoms with Gasteiger partial charge in [0.25, 0.3) is 0 Å². The van der Waals surface area contributed by atoms with E-state index in [1.807, 2.05) is 6.92 Å². The molecule has 2 heterocycles. The van der Waals surface area contributed by atoms with E-state index in [4.69, 9.17) is 0 Å². The van der Waals surface area contributed by atoms with Crippen LogP contribution in [0.5, 0.6) is 0 Å². The van der Waals surface area contributed by atoms with Crippen LogP contribution in [0.1, 0.15) is 37.2 Å². The fourth-order valence-corrected chi connectivity index (χ4v) is 2.74. The minimum absolute atomic E-state index is 0.329. The van der Waals surface area contributed by atoms with Crippen molar-refractivity contribution in [1.82, 2.24) is 20.3 Å². The van der Waals surface area contributed by atoms with Gasteiger partial charge in [-0.1, -0.05) is 12.8 Å². The van der Waals surface area contributed by atoms with Gasteiger partial charge in [-0.15, -0.1) is 0 Å². The third-order valence-corrected chi connectivity index (χ3v) is 3.82. The predicted octanol–water partition coefficient (Wildman–Crippen LogP) is 2.95. The van der Waals surface area contributed by atoms with Crippen LogP contribution in [0.15, 0.2) is 18.3 Å². The van der Waals surface area contributed by atoms with Crippen LogP contribution in [0.3, 0.4) is 0 Å². The monoisotopic (exact) mass is 274 g/mol. The highest BCUT2D eigenvalue weighted by Gasteiger charge is 2.15. The first kappa shape index (κ1) is 13.2. The summed E-state index contributed by atoms with van der Waals surface area (Å²) >= 11 is 0. The molecule has 0 radical (unpaired) electrons. The van der Waals surface area contributed by atoms with Crippen LogP contribution < -0.4 is 5.32 Å². The Bertz CT molecular complexity index is 570. The van der Waals surface area contributed by atoms with Gasteiger partial charge in [-0.3, -0.25) is 4.98 Å². The maximum absolute atomic E-state index is 12.9. The molecule has 1 fully saturated rings. The quantitative estimate of drug-likeness (QED) is 0.901. The summed E-state index contributed by atoms with van der Waals surface area (Å²) in [6, 6.07) is 3.69. The maximum atomic E-state index is 12.9. The third-order valence-electron chi connectivity index (χ3n) is 3.82. The van der Waals surface area contributed by atoms with E-state index in [0.29, 0.717) is 11.7 Å². The molecule has 1 aliphatic rings. The zero-order chi connectivity index (χ0) is 13.9. The lowest BCUT2D eigenvalue weighted by molar-refractivity contribution is 0.515. The molecule has 0 aliphatic heterocycles. The molecule has 106 valence electrons. The molecule has 1 aliphatic carbocycles. The standard InChI is InChI=1S/C15H19FN4/c1-10-15(13-7-6-11(16)8-18-13)20-14(19-10)9-17-12-4-2-3-5-12/h6-8,12,17H,2-5,9H2,1H3,(H,19,20). The van der Waals surface area contributed by atoms with Gasteiger partial charge in [0.15, 0.2) is 0 Å². The fraction of sp³-hybridized carbons (Fsp3) is 0.467. The van der Waals surface area contributed by atoms with Gasteiger partial charge < -0.3 is 10.3 Å². The van der Waals surface area contributed by atoms with Gasteiger partial charge in [-0.25, -0.2) is 9.37 Å². The van der Waals surface area contributed by atoms with Gasteiger partial charge in [0.2, 0.25) is 0 Å². The van der Waals surface area contributed by atoms with Crippen LogP contribution in [-0.4, -0.2) is 21.0 Å². The zero-order valence-electron chi connectivity index (χ0n) is 11.6. The number of hydrogen-bond acceptors (Lipinski definition) is 3. The summed E-state index contributed by atoms with van der Waals surface area (Å²) in [6.45, 7) is 2.71. The second-order valence-corrected chi connectivity index (χ2v) is 5.38. The third kappa shape index (κ3) is 2.88. The smallest absolute Gasteiger partial charge is 0.141 e. The second-order valence-electron chi connectivity index (χ2n) is 5.38. The molecule has 1 saturated carbocycles. The predicted molar refractivity (Wildman–Crippen MR) is 75.6 cm³/mol. The van der Waals surface area contributed by atoms with E-state index in [1.165, 1.54) is 37.9 Å². The average molecular weight is 274 g/mol. The number of hydrogen-bond donors (Lipinski definition) is 2. The Kier molecular flexibility index (Phi) is 3.78. The van der Waals surface area contributed by atoms with Crippen molar-refractivity contribution in [3.8, 4) is 11.4 Å². The second kappa shape index (κ2) is 5.71. The first-order valence-corrected chi connectivity index (χ1v) is 7.13. The van der Waals surface area contributed by atoms with Crippen LogP contribution in [0.2, 0.25) is 0 Å². The fourth-order valence-electron chi connectivity index (χ4n) is 2.74. The summed E-state index contributed by atoms with van der Waals surface area (Å²) < 4.78 is 12.9. The Hall–Kier alpha value is -1.75. The number of aryl methyl sites for hydroxylation is 1. The largest absolute Gasteiger partial charge is 0.344 e. The summed E-state index contributed by atoms with van der Waals surface area (Å²) in [5.74, 6) is 0.584. The van der Waals surface area contributed by atoms with Crippen LogP contribution in [-0.2, 0) is 6.54 Å². The van der Waals surface area contributed by atoms with Gasteiger partial charge in [0.1, 0.15) is 17.3 Å².